The average Bonchev–Trinajstić information content (AvgIpc) is 2.89. The van der Waals surface area contributed by atoms with Gasteiger partial charge in [0.1, 0.15) is 0 Å². The Bertz CT molecular complexity index is 544. The summed E-state index contributed by atoms with van der Waals surface area (Å²) in [4.78, 5) is 1.47. The fraction of sp³-hybridized carbons (Fsp3) is 0.412. The molecule has 0 radical (unpaired) electrons. The summed E-state index contributed by atoms with van der Waals surface area (Å²) >= 11 is 1.88. The summed E-state index contributed by atoms with van der Waals surface area (Å²) in [6.45, 7) is 7.78. The lowest BCUT2D eigenvalue weighted by Crippen LogP contribution is -2.32. The lowest BCUT2D eigenvalue weighted by atomic mass is 9.85. The minimum atomic E-state index is 0.238. The van der Waals surface area contributed by atoms with E-state index >= 15 is 0 Å². The van der Waals surface area contributed by atoms with Crippen molar-refractivity contribution in [1.29, 1.82) is 0 Å². The summed E-state index contributed by atoms with van der Waals surface area (Å²) in [6, 6.07) is 11.1. The molecule has 1 nitrogen and oxygen atoms in total. The highest BCUT2D eigenvalue weighted by Gasteiger charge is 2.25. The van der Waals surface area contributed by atoms with Crippen LogP contribution in [0.1, 0.15) is 30.7 Å². The van der Waals surface area contributed by atoms with Crippen molar-refractivity contribution in [1.82, 2.24) is 5.32 Å². The second-order valence-corrected chi connectivity index (χ2v) is 6.42. The third-order valence-corrected chi connectivity index (χ3v) is 5.13. The maximum atomic E-state index is 3.32. The maximum Gasteiger partial charge on any atom is 0.0141 e. The molecule has 0 amide bonds. The Morgan fingerprint density at radius 2 is 2.00 bits per heavy atom. The SMILES string of the molecule is CC[C@](C)(CNC)c1cc(-c2cccc(C)c2)cs1. The molecule has 19 heavy (non-hydrogen) atoms. The van der Waals surface area contributed by atoms with Gasteiger partial charge in [-0.1, -0.05) is 43.7 Å². The van der Waals surface area contributed by atoms with E-state index < -0.39 is 0 Å². The molecule has 1 aromatic carbocycles. The second-order valence-electron chi connectivity index (χ2n) is 5.51. The summed E-state index contributed by atoms with van der Waals surface area (Å²) < 4.78 is 0. The number of aryl methyl sites for hydroxylation is 1. The van der Waals surface area contributed by atoms with Crippen LogP contribution in [-0.4, -0.2) is 13.6 Å². The van der Waals surface area contributed by atoms with Crippen LogP contribution in [0.5, 0.6) is 0 Å². The highest BCUT2D eigenvalue weighted by Crippen LogP contribution is 2.35. The molecule has 2 heteroatoms. The number of benzene rings is 1. The fourth-order valence-electron chi connectivity index (χ4n) is 2.41. The van der Waals surface area contributed by atoms with Crippen molar-refractivity contribution in [2.45, 2.75) is 32.6 Å². The van der Waals surface area contributed by atoms with Gasteiger partial charge >= 0.3 is 0 Å². The van der Waals surface area contributed by atoms with E-state index in [-0.39, 0.29) is 5.41 Å². The minimum absolute atomic E-state index is 0.238. The largest absolute Gasteiger partial charge is 0.319 e. The number of rotatable bonds is 5. The first-order chi connectivity index (χ1) is 9.09. The molecular weight excluding hydrogens is 250 g/mol. The van der Waals surface area contributed by atoms with Crippen LogP contribution >= 0.6 is 11.3 Å². The minimum Gasteiger partial charge on any atom is -0.319 e. The zero-order valence-corrected chi connectivity index (χ0v) is 13.1. The van der Waals surface area contributed by atoms with Crippen LogP contribution in [0.3, 0.4) is 0 Å². The molecule has 102 valence electrons. The highest BCUT2D eigenvalue weighted by atomic mass is 32.1. The van der Waals surface area contributed by atoms with Gasteiger partial charge in [0.2, 0.25) is 0 Å². The molecule has 2 rings (SSSR count). The van der Waals surface area contributed by atoms with Crippen LogP contribution in [0.15, 0.2) is 35.7 Å². The number of hydrogen-bond acceptors (Lipinski definition) is 2. The van der Waals surface area contributed by atoms with E-state index in [4.69, 9.17) is 0 Å². The van der Waals surface area contributed by atoms with E-state index in [1.807, 2.05) is 18.4 Å². The van der Waals surface area contributed by atoms with Gasteiger partial charge in [0.15, 0.2) is 0 Å². The van der Waals surface area contributed by atoms with Crippen molar-refractivity contribution in [3.63, 3.8) is 0 Å². The van der Waals surface area contributed by atoms with Gasteiger partial charge < -0.3 is 5.32 Å². The summed E-state index contributed by atoms with van der Waals surface area (Å²) in [5.74, 6) is 0. The number of likely N-dealkylation sites (N-methyl/N-ethyl adjacent to an activating group) is 1. The molecule has 0 saturated heterocycles. The summed E-state index contributed by atoms with van der Waals surface area (Å²) in [7, 11) is 2.03. The standard InChI is InChI=1S/C17H23NS/c1-5-17(3,12-18-4)16-10-15(11-19-16)14-8-6-7-13(2)9-14/h6-11,18H,5,12H2,1-4H3/t17-/m1/s1. The van der Waals surface area contributed by atoms with E-state index in [1.54, 1.807) is 0 Å². The smallest absolute Gasteiger partial charge is 0.0141 e. The van der Waals surface area contributed by atoms with Gasteiger partial charge in [-0.05, 0) is 43.0 Å². The molecule has 1 N–H and O–H groups in total. The van der Waals surface area contributed by atoms with Crippen LogP contribution < -0.4 is 5.32 Å². The van der Waals surface area contributed by atoms with Crippen LogP contribution in [0.4, 0.5) is 0 Å². The monoisotopic (exact) mass is 273 g/mol. The molecule has 2 aromatic rings. The van der Waals surface area contributed by atoms with Crippen LogP contribution in [0.2, 0.25) is 0 Å². The van der Waals surface area contributed by atoms with E-state index in [0.29, 0.717) is 0 Å². The van der Waals surface area contributed by atoms with E-state index in [9.17, 15) is 0 Å². The van der Waals surface area contributed by atoms with Gasteiger partial charge in [-0.3, -0.25) is 0 Å². The third kappa shape index (κ3) is 3.07. The summed E-state index contributed by atoms with van der Waals surface area (Å²) in [5.41, 5.74) is 4.23. The maximum absolute atomic E-state index is 3.32. The summed E-state index contributed by atoms with van der Waals surface area (Å²) in [6.07, 6.45) is 1.15. The van der Waals surface area contributed by atoms with Crippen LogP contribution in [0.25, 0.3) is 11.1 Å². The molecule has 1 aromatic heterocycles. The average molecular weight is 273 g/mol. The molecule has 0 aliphatic carbocycles. The topological polar surface area (TPSA) is 12.0 Å². The zero-order valence-electron chi connectivity index (χ0n) is 12.3. The van der Waals surface area contributed by atoms with Gasteiger partial charge in [-0.15, -0.1) is 11.3 Å². The fourth-order valence-corrected chi connectivity index (χ4v) is 3.56. The molecule has 0 saturated carbocycles. The van der Waals surface area contributed by atoms with Crippen molar-refractivity contribution >= 4 is 11.3 Å². The predicted octanol–water partition coefficient (Wildman–Crippen LogP) is 4.61. The lowest BCUT2D eigenvalue weighted by Gasteiger charge is -2.26. The Kier molecular flexibility index (Phi) is 4.43. The number of thiophene rings is 1. The Balaban J connectivity index is 2.33. The third-order valence-electron chi connectivity index (χ3n) is 3.89. The van der Waals surface area contributed by atoms with Crippen LogP contribution in [0, 0.1) is 6.92 Å². The van der Waals surface area contributed by atoms with Crippen molar-refractivity contribution in [2.24, 2.45) is 0 Å². The number of nitrogens with one attached hydrogen (secondary N) is 1. The Labute approximate surface area is 120 Å². The van der Waals surface area contributed by atoms with E-state index in [0.717, 1.165) is 13.0 Å². The van der Waals surface area contributed by atoms with Gasteiger partial charge in [0.25, 0.3) is 0 Å². The highest BCUT2D eigenvalue weighted by molar-refractivity contribution is 7.10. The zero-order chi connectivity index (χ0) is 13.9. The molecule has 0 aliphatic heterocycles. The van der Waals surface area contributed by atoms with Crippen LogP contribution in [-0.2, 0) is 5.41 Å². The molecule has 0 fully saturated rings. The molecule has 0 unspecified atom stereocenters. The molecule has 0 spiro atoms. The summed E-state index contributed by atoms with van der Waals surface area (Å²) in [5, 5.41) is 5.61. The first kappa shape index (κ1) is 14.3. The van der Waals surface area contributed by atoms with E-state index in [2.05, 4.69) is 61.8 Å². The normalized spacial score (nSPS) is 14.3. The number of hydrogen-bond donors (Lipinski definition) is 1. The molecule has 0 aliphatic rings. The lowest BCUT2D eigenvalue weighted by molar-refractivity contribution is 0.442. The molecular formula is C17H23NS. The Hall–Kier alpha value is -1.12. The predicted molar refractivity (Wildman–Crippen MR) is 86.1 cm³/mol. The quantitative estimate of drug-likeness (QED) is 0.839. The molecule has 1 heterocycles. The molecule has 1 atom stereocenters. The van der Waals surface area contributed by atoms with Gasteiger partial charge in [0, 0.05) is 16.8 Å². The van der Waals surface area contributed by atoms with Crippen molar-refractivity contribution in [2.75, 3.05) is 13.6 Å². The van der Waals surface area contributed by atoms with E-state index in [1.165, 1.54) is 21.6 Å². The molecule has 0 bridgehead atoms. The van der Waals surface area contributed by atoms with Gasteiger partial charge in [0.05, 0.1) is 0 Å². The van der Waals surface area contributed by atoms with Crippen molar-refractivity contribution < 1.29 is 0 Å². The van der Waals surface area contributed by atoms with Gasteiger partial charge in [-0.2, -0.15) is 0 Å². The first-order valence-electron chi connectivity index (χ1n) is 6.89. The van der Waals surface area contributed by atoms with Gasteiger partial charge in [-0.25, -0.2) is 0 Å². The first-order valence-corrected chi connectivity index (χ1v) is 7.77. The van der Waals surface area contributed by atoms with Crippen molar-refractivity contribution in [3.8, 4) is 11.1 Å². The van der Waals surface area contributed by atoms with Crippen molar-refractivity contribution in [3.05, 3.63) is 46.2 Å². The second kappa shape index (κ2) is 5.89. The Morgan fingerprint density at radius 3 is 2.63 bits per heavy atom. The Morgan fingerprint density at radius 1 is 1.21 bits per heavy atom.